The van der Waals surface area contributed by atoms with Gasteiger partial charge in [0.2, 0.25) is 0 Å². The van der Waals surface area contributed by atoms with Crippen LogP contribution in [0.3, 0.4) is 0 Å². The fraction of sp³-hybridized carbons (Fsp3) is 0.207. The zero-order valence-electron chi connectivity index (χ0n) is 23.1. The fourth-order valence-corrected chi connectivity index (χ4v) is 3.36. The molecule has 16 heteroatoms. The van der Waals surface area contributed by atoms with Gasteiger partial charge in [-0.05, 0) is 71.8 Å². The number of aryl methyl sites for hydroxylation is 2. The topological polar surface area (TPSA) is 165 Å². The highest BCUT2D eigenvalue weighted by molar-refractivity contribution is 5.94. The van der Waals surface area contributed by atoms with Gasteiger partial charge in [-0.1, -0.05) is 18.2 Å². The van der Waals surface area contributed by atoms with Crippen molar-refractivity contribution in [3.63, 3.8) is 0 Å². The van der Waals surface area contributed by atoms with Gasteiger partial charge in [0.1, 0.15) is 18.2 Å². The number of carboxylic acid groups (broad SMARTS) is 2. The number of pyridine rings is 2. The molecule has 45 heavy (non-hydrogen) atoms. The first-order valence-corrected chi connectivity index (χ1v) is 12.7. The third-order valence-electron chi connectivity index (χ3n) is 5.58. The van der Waals surface area contributed by atoms with E-state index in [0.717, 1.165) is 23.6 Å². The number of anilines is 1. The van der Waals surface area contributed by atoms with Crippen LogP contribution < -0.4 is 15.8 Å². The van der Waals surface area contributed by atoms with Crippen LogP contribution in [0.2, 0.25) is 0 Å². The Labute approximate surface area is 251 Å². The number of hydrogen-bond acceptors (Lipinski definition) is 7. The van der Waals surface area contributed by atoms with Crippen molar-refractivity contribution < 1.29 is 55.7 Å². The van der Waals surface area contributed by atoms with Crippen LogP contribution in [0.5, 0.6) is 5.75 Å². The molecule has 240 valence electrons. The van der Waals surface area contributed by atoms with E-state index in [9.17, 15) is 31.1 Å². The van der Waals surface area contributed by atoms with Crippen LogP contribution in [0.15, 0.2) is 79.3 Å². The van der Waals surface area contributed by atoms with Crippen LogP contribution >= 0.6 is 0 Å². The smallest absolute Gasteiger partial charge is 0.490 e. The number of hydrogen-bond donors (Lipinski definition) is 4. The lowest BCUT2D eigenvalue weighted by atomic mass is 10.0. The van der Waals surface area contributed by atoms with Crippen molar-refractivity contribution in [2.75, 3.05) is 18.9 Å². The predicted molar refractivity (Wildman–Crippen MR) is 149 cm³/mol. The van der Waals surface area contributed by atoms with Crippen molar-refractivity contribution in [2.24, 2.45) is 0 Å². The van der Waals surface area contributed by atoms with Crippen LogP contribution in [0.1, 0.15) is 21.5 Å². The molecule has 4 aromatic rings. The minimum atomic E-state index is -5.08. The van der Waals surface area contributed by atoms with E-state index < -0.39 is 24.3 Å². The van der Waals surface area contributed by atoms with Gasteiger partial charge in [-0.3, -0.25) is 9.78 Å². The van der Waals surface area contributed by atoms with Gasteiger partial charge in [0.15, 0.2) is 0 Å². The van der Waals surface area contributed by atoms with Gasteiger partial charge >= 0.3 is 24.3 Å². The highest BCUT2D eigenvalue weighted by Crippen LogP contribution is 2.24. The molecule has 0 unspecified atom stereocenters. The number of halogens is 6. The zero-order chi connectivity index (χ0) is 33.6. The largest absolute Gasteiger partial charge is 0.492 e. The Bertz CT molecular complexity index is 1540. The summed E-state index contributed by atoms with van der Waals surface area (Å²) in [6.07, 6.45) is -3.01. The molecule has 2 aromatic heterocycles. The number of fused-ring (bicyclic) bond motifs is 1. The standard InChI is InChI=1S/C25H24N4O2.2C2HF3O2/c26-24-23-17-22(8-7-20(23)11-14-28-24)31-16-15-29-25(30)21-5-3-18(4-6-21)1-2-19-9-12-27-13-10-19;2*3-2(4,5)1(6)7/h3-14,17H,1-2,15-16H2,(H2,26,28)(H,29,30);2*(H,6,7). The Hall–Kier alpha value is -5.41. The highest BCUT2D eigenvalue weighted by atomic mass is 19.4. The maximum Gasteiger partial charge on any atom is 0.490 e. The summed E-state index contributed by atoms with van der Waals surface area (Å²) in [7, 11) is 0. The van der Waals surface area contributed by atoms with Crippen molar-refractivity contribution in [1.82, 2.24) is 15.3 Å². The van der Waals surface area contributed by atoms with Crippen molar-refractivity contribution in [2.45, 2.75) is 25.2 Å². The molecular formula is C29H26F6N4O6. The number of nitrogens with two attached hydrogens (primary N) is 1. The minimum Gasteiger partial charge on any atom is -0.492 e. The van der Waals surface area contributed by atoms with E-state index in [1.807, 2.05) is 60.7 Å². The second-order valence-electron chi connectivity index (χ2n) is 8.84. The second-order valence-corrected chi connectivity index (χ2v) is 8.84. The predicted octanol–water partition coefficient (Wildman–Crippen LogP) is 5.07. The molecule has 0 saturated carbocycles. The number of alkyl halides is 6. The number of nitrogens with zero attached hydrogens (tertiary/aromatic N) is 2. The van der Waals surface area contributed by atoms with Crippen molar-refractivity contribution in [1.29, 1.82) is 0 Å². The molecule has 0 radical (unpaired) electrons. The summed E-state index contributed by atoms with van der Waals surface area (Å²) in [5.41, 5.74) is 9.00. The Balaban J connectivity index is 0.000000421. The SMILES string of the molecule is Nc1nccc2ccc(OCCNC(=O)c3ccc(CCc4ccncc4)cc3)cc12.O=C(O)C(F)(F)F.O=C(O)C(F)(F)F. The molecule has 0 atom stereocenters. The number of rotatable bonds is 8. The van der Waals surface area contributed by atoms with E-state index in [1.165, 1.54) is 11.1 Å². The average molecular weight is 641 g/mol. The second kappa shape index (κ2) is 16.4. The Kier molecular flexibility index (Phi) is 13.1. The first-order chi connectivity index (χ1) is 21.1. The summed E-state index contributed by atoms with van der Waals surface area (Å²) < 4.78 is 69.2. The number of benzene rings is 2. The molecule has 0 aliphatic carbocycles. The Morgan fingerprint density at radius 1 is 0.778 bits per heavy atom. The molecule has 0 aliphatic heterocycles. The maximum atomic E-state index is 12.4. The number of ether oxygens (including phenoxy) is 1. The third-order valence-corrected chi connectivity index (χ3v) is 5.58. The van der Waals surface area contributed by atoms with Gasteiger partial charge in [0.05, 0.1) is 6.54 Å². The number of amides is 1. The van der Waals surface area contributed by atoms with E-state index in [1.54, 1.807) is 18.6 Å². The van der Waals surface area contributed by atoms with E-state index in [-0.39, 0.29) is 5.91 Å². The summed E-state index contributed by atoms with van der Waals surface area (Å²) in [6, 6.07) is 19.4. The number of aliphatic carboxylic acids is 2. The van der Waals surface area contributed by atoms with Crippen LogP contribution in [-0.4, -0.2) is 63.5 Å². The molecule has 0 bridgehead atoms. The minimum absolute atomic E-state index is 0.115. The van der Waals surface area contributed by atoms with Gasteiger partial charge in [-0.25, -0.2) is 14.6 Å². The monoisotopic (exact) mass is 640 g/mol. The Morgan fingerprint density at radius 2 is 1.31 bits per heavy atom. The molecule has 1 amide bonds. The first-order valence-electron chi connectivity index (χ1n) is 12.7. The number of nitrogen functional groups attached to an aromatic ring is 1. The van der Waals surface area contributed by atoms with Crippen molar-refractivity contribution in [3.05, 3.63) is 95.9 Å². The molecule has 0 saturated heterocycles. The molecule has 0 fully saturated rings. The molecule has 2 aromatic carbocycles. The number of nitrogens with one attached hydrogen (secondary N) is 1. The third kappa shape index (κ3) is 12.8. The van der Waals surface area contributed by atoms with Crippen molar-refractivity contribution in [3.8, 4) is 5.75 Å². The van der Waals surface area contributed by atoms with E-state index in [2.05, 4.69) is 15.3 Å². The lowest BCUT2D eigenvalue weighted by Gasteiger charge is -2.10. The van der Waals surface area contributed by atoms with Crippen LogP contribution in [-0.2, 0) is 22.4 Å². The van der Waals surface area contributed by atoms with E-state index in [4.69, 9.17) is 30.3 Å². The Morgan fingerprint density at radius 3 is 1.84 bits per heavy atom. The number of aromatic nitrogens is 2. The maximum absolute atomic E-state index is 12.4. The van der Waals surface area contributed by atoms with E-state index >= 15 is 0 Å². The van der Waals surface area contributed by atoms with Crippen molar-refractivity contribution >= 4 is 34.4 Å². The van der Waals surface area contributed by atoms with Gasteiger partial charge < -0.3 is 26.0 Å². The normalized spacial score (nSPS) is 10.9. The van der Waals surface area contributed by atoms with E-state index in [0.29, 0.717) is 30.3 Å². The quantitative estimate of drug-likeness (QED) is 0.152. The number of carbonyl (C=O) groups excluding carboxylic acids is 1. The number of carboxylic acids is 2. The summed E-state index contributed by atoms with van der Waals surface area (Å²) in [6.45, 7) is 0.768. The van der Waals surface area contributed by atoms with Crippen LogP contribution in [0.4, 0.5) is 32.2 Å². The van der Waals surface area contributed by atoms with Crippen LogP contribution in [0.25, 0.3) is 10.8 Å². The number of carbonyl (C=O) groups is 3. The first kappa shape index (κ1) is 35.8. The lowest BCUT2D eigenvalue weighted by Crippen LogP contribution is -2.28. The van der Waals surface area contributed by atoms with Gasteiger partial charge in [-0.15, -0.1) is 0 Å². The van der Waals surface area contributed by atoms with Gasteiger partial charge in [0.25, 0.3) is 5.91 Å². The summed E-state index contributed by atoms with van der Waals surface area (Å²) >= 11 is 0. The summed E-state index contributed by atoms with van der Waals surface area (Å²) in [5, 5.41) is 19.0. The highest BCUT2D eigenvalue weighted by Gasteiger charge is 2.38. The molecule has 2 heterocycles. The zero-order valence-corrected chi connectivity index (χ0v) is 23.1. The summed E-state index contributed by atoms with van der Waals surface area (Å²) in [4.78, 5) is 38.3. The van der Waals surface area contributed by atoms with Gasteiger partial charge in [-0.2, -0.15) is 26.3 Å². The fourth-order valence-electron chi connectivity index (χ4n) is 3.36. The molecule has 0 spiro atoms. The van der Waals surface area contributed by atoms with Gasteiger partial charge in [0, 0.05) is 29.5 Å². The molecule has 0 aliphatic rings. The molecular weight excluding hydrogens is 614 g/mol. The summed E-state index contributed by atoms with van der Waals surface area (Å²) in [5.74, 6) is -4.46. The molecule has 10 nitrogen and oxygen atoms in total. The average Bonchev–Trinajstić information content (AvgIpc) is 2.99. The molecule has 5 N–H and O–H groups in total. The lowest BCUT2D eigenvalue weighted by molar-refractivity contribution is -0.193. The molecule has 4 rings (SSSR count). The van der Waals surface area contributed by atoms with Crippen LogP contribution in [0, 0.1) is 0 Å².